The van der Waals surface area contributed by atoms with E-state index in [0.29, 0.717) is 12.1 Å². The number of sulfonamides is 1. The van der Waals surface area contributed by atoms with Gasteiger partial charge < -0.3 is 10.2 Å². The largest absolute Gasteiger partial charge is 0.352 e. The predicted molar refractivity (Wildman–Crippen MR) is 156 cm³/mol. The molecule has 3 aromatic rings. The smallest absolute Gasteiger partial charge is 0.264 e. The van der Waals surface area contributed by atoms with Gasteiger partial charge in [0, 0.05) is 12.6 Å². The molecule has 0 bridgehead atoms. The van der Waals surface area contributed by atoms with E-state index >= 15 is 0 Å². The van der Waals surface area contributed by atoms with Gasteiger partial charge in [0.05, 0.1) is 10.6 Å². The molecule has 0 fully saturated rings. The Morgan fingerprint density at radius 1 is 0.821 bits per heavy atom. The Labute approximate surface area is 232 Å². The third-order valence-electron chi connectivity index (χ3n) is 6.46. The molecule has 0 aliphatic heterocycles. The van der Waals surface area contributed by atoms with Crippen molar-refractivity contribution >= 4 is 27.5 Å². The highest BCUT2D eigenvalue weighted by Crippen LogP contribution is 2.26. The second kappa shape index (κ2) is 12.9. The first kappa shape index (κ1) is 29.9. The van der Waals surface area contributed by atoms with Gasteiger partial charge in [-0.25, -0.2) is 8.42 Å². The molecular formula is C31H39N3O4S. The van der Waals surface area contributed by atoms with Crippen LogP contribution in [-0.4, -0.2) is 50.3 Å². The zero-order valence-corrected chi connectivity index (χ0v) is 24.5. The van der Waals surface area contributed by atoms with Gasteiger partial charge in [-0.2, -0.15) is 0 Å². The molecule has 208 valence electrons. The van der Waals surface area contributed by atoms with Crippen molar-refractivity contribution in [1.29, 1.82) is 0 Å². The Balaban J connectivity index is 2.01. The highest BCUT2D eigenvalue weighted by atomic mass is 32.2. The van der Waals surface area contributed by atoms with E-state index in [1.54, 1.807) is 43.3 Å². The van der Waals surface area contributed by atoms with Crippen LogP contribution in [0.4, 0.5) is 5.69 Å². The Bertz CT molecular complexity index is 1370. The van der Waals surface area contributed by atoms with Crippen LogP contribution in [0, 0.1) is 20.8 Å². The number of amides is 2. The van der Waals surface area contributed by atoms with Crippen molar-refractivity contribution in [3.05, 3.63) is 95.1 Å². The third-order valence-corrected chi connectivity index (χ3v) is 8.25. The number of hydrogen-bond acceptors (Lipinski definition) is 4. The lowest BCUT2D eigenvalue weighted by Crippen LogP contribution is -2.53. The van der Waals surface area contributed by atoms with Crippen LogP contribution in [0.1, 0.15) is 43.0 Å². The summed E-state index contributed by atoms with van der Waals surface area (Å²) in [5.41, 5.74) is 4.12. The van der Waals surface area contributed by atoms with Crippen molar-refractivity contribution in [2.45, 2.75) is 64.9 Å². The summed E-state index contributed by atoms with van der Waals surface area (Å²) in [5, 5.41) is 2.87. The van der Waals surface area contributed by atoms with Crippen molar-refractivity contribution in [2.24, 2.45) is 0 Å². The fourth-order valence-corrected chi connectivity index (χ4v) is 5.83. The number of carbonyl (C=O) groups is 2. The third kappa shape index (κ3) is 7.93. The van der Waals surface area contributed by atoms with E-state index in [9.17, 15) is 18.0 Å². The SMILES string of the molecule is Cc1ccc(S(=O)(=O)N(CC(=O)N(CCc2ccccc2)[C@H](C)C(=O)NC(C)C)c2cc(C)cc(C)c2)cc1. The van der Waals surface area contributed by atoms with E-state index < -0.39 is 28.5 Å². The van der Waals surface area contributed by atoms with Crippen molar-refractivity contribution in [3.8, 4) is 0 Å². The Hall–Kier alpha value is -3.65. The molecule has 2 amide bonds. The number of benzene rings is 3. The molecule has 0 saturated carbocycles. The molecule has 8 heteroatoms. The van der Waals surface area contributed by atoms with Gasteiger partial charge in [-0.3, -0.25) is 13.9 Å². The van der Waals surface area contributed by atoms with Crippen LogP contribution in [-0.2, 0) is 26.0 Å². The number of nitrogens with one attached hydrogen (secondary N) is 1. The number of anilines is 1. The predicted octanol–water partition coefficient (Wildman–Crippen LogP) is 4.79. The standard InChI is InChI=1S/C31H39N3O4S/c1-22(2)32-31(36)26(6)33(17-16-27-10-8-7-9-11-27)30(35)21-34(28-19-24(4)18-25(5)20-28)39(37,38)29-14-12-23(3)13-15-29/h7-15,18-20,22,26H,16-17,21H2,1-6H3,(H,32,36)/t26-/m1/s1. The summed E-state index contributed by atoms with van der Waals surface area (Å²) < 4.78 is 29.0. The Morgan fingerprint density at radius 3 is 1.97 bits per heavy atom. The van der Waals surface area contributed by atoms with Gasteiger partial charge >= 0.3 is 0 Å². The molecule has 0 aliphatic carbocycles. The minimum absolute atomic E-state index is 0.0975. The monoisotopic (exact) mass is 549 g/mol. The number of nitrogens with zero attached hydrogens (tertiary/aromatic N) is 2. The summed E-state index contributed by atoms with van der Waals surface area (Å²) in [4.78, 5) is 28.5. The molecule has 0 spiro atoms. The average molecular weight is 550 g/mol. The van der Waals surface area contributed by atoms with Crippen molar-refractivity contribution in [2.75, 3.05) is 17.4 Å². The van der Waals surface area contributed by atoms with E-state index in [2.05, 4.69) is 5.32 Å². The molecule has 3 aromatic carbocycles. The number of carbonyl (C=O) groups excluding carboxylic acids is 2. The van der Waals surface area contributed by atoms with Gasteiger partial charge in [0.25, 0.3) is 10.0 Å². The molecule has 0 unspecified atom stereocenters. The fourth-order valence-electron chi connectivity index (χ4n) is 4.44. The molecule has 0 aromatic heterocycles. The molecular weight excluding hydrogens is 510 g/mol. The highest BCUT2D eigenvalue weighted by molar-refractivity contribution is 7.92. The Morgan fingerprint density at radius 2 is 1.41 bits per heavy atom. The molecule has 3 rings (SSSR count). The minimum atomic E-state index is -4.08. The molecule has 1 atom stereocenters. The van der Waals surface area contributed by atoms with Crippen LogP contribution in [0.25, 0.3) is 0 Å². The first-order chi connectivity index (χ1) is 18.4. The van der Waals surface area contributed by atoms with Gasteiger partial charge in [-0.15, -0.1) is 0 Å². The van der Waals surface area contributed by atoms with Crippen LogP contribution in [0.3, 0.4) is 0 Å². The summed E-state index contributed by atoms with van der Waals surface area (Å²) in [6.07, 6.45) is 0.528. The first-order valence-corrected chi connectivity index (χ1v) is 14.6. The van der Waals surface area contributed by atoms with Crippen molar-refractivity contribution < 1.29 is 18.0 Å². The second-order valence-corrected chi connectivity index (χ2v) is 12.2. The fraction of sp³-hybridized carbons (Fsp3) is 0.355. The van der Waals surface area contributed by atoms with Crippen LogP contribution >= 0.6 is 0 Å². The second-order valence-electron chi connectivity index (χ2n) is 10.3. The molecule has 0 heterocycles. The first-order valence-electron chi connectivity index (χ1n) is 13.2. The average Bonchev–Trinajstić information content (AvgIpc) is 2.87. The summed E-state index contributed by atoms with van der Waals surface area (Å²) in [5.74, 6) is -0.738. The maximum Gasteiger partial charge on any atom is 0.264 e. The number of rotatable bonds is 11. The zero-order chi connectivity index (χ0) is 28.7. The molecule has 0 radical (unpaired) electrons. The maximum absolute atomic E-state index is 13.9. The van der Waals surface area contributed by atoms with Crippen LogP contribution in [0.15, 0.2) is 77.7 Å². The quantitative estimate of drug-likeness (QED) is 0.373. The van der Waals surface area contributed by atoms with E-state index in [-0.39, 0.29) is 23.4 Å². The van der Waals surface area contributed by atoms with Crippen LogP contribution in [0.5, 0.6) is 0 Å². The number of hydrogen-bond donors (Lipinski definition) is 1. The van der Waals surface area contributed by atoms with Gasteiger partial charge in [0.15, 0.2) is 0 Å². The summed E-state index contributed by atoms with van der Waals surface area (Å²) in [6, 6.07) is 20.9. The minimum Gasteiger partial charge on any atom is -0.352 e. The van der Waals surface area contributed by atoms with E-state index in [1.807, 2.05) is 71.0 Å². The van der Waals surface area contributed by atoms with Gasteiger partial charge in [0.1, 0.15) is 12.6 Å². The van der Waals surface area contributed by atoms with Gasteiger partial charge in [-0.1, -0.05) is 54.1 Å². The van der Waals surface area contributed by atoms with E-state index in [0.717, 1.165) is 26.6 Å². The topological polar surface area (TPSA) is 86.8 Å². The lowest BCUT2D eigenvalue weighted by atomic mass is 10.1. The molecule has 7 nitrogen and oxygen atoms in total. The molecule has 1 N–H and O–H groups in total. The summed E-state index contributed by atoms with van der Waals surface area (Å²) in [7, 11) is -4.08. The molecule has 39 heavy (non-hydrogen) atoms. The highest BCUT2D eigenvalue weighted by Gasteiger charge is 2.32. The van der Waals surface area contributed by atoms with Gasteiger partial charge in [-0.05, 0) is 88.9 Å². The van der Waals surface area contributed by atoms with E-state index in [4.69, 9.17) is 0 Å². The maximum atomic E-state index is 13.9. The van der Waals surface area contributed by atoms with E-state index in [1.165, 1.54) is 4.90 Å². The van der Waals surface area contributed by atoms with Crippen molar-refractivity contribution in [1.82, 2.24) is 10.2 Å². The Kier molecular flexibility index (Phi) is 9.92. The van der Waals surface area contributed by atoms with Crippen molar-refractivity contribution in [3.63, 3.8) is 0 Å². The molecule has 0 saturated heterocycles. The van der Waals surface area contributed by atoms with Crippen LogP contribution in [0.2, 0.25) is 0 Å². The number of aryl methyl sites for hydroxylation is 3. The normalized spacial score (nSPS) is 12.2. The lowest BCUT2D eigenvalue weighted by Gasteiger charge is -2.32. The van der Waals surface area contributed by atoms with Crippen LogP contribution < -0.4 is 9.62 Å². The summed E-state index contributed by atoms with van der Waals surface area (Å²) >= 11 is 0. The van der Waals surface area contributed by atoms with Gasteiger partial charge in [0.2, 0.25) is 11.8 Å². The lowest BCUT2D eigenvalue weighted by molar-refractivity contribution is -0.139. The zero-order valence-electron chi connectivity index (χ0n) is 23.6. The summed E-state index contributed by atoms with van der Waals surface area (Å²) in [6.45, 7) is 10.9. The molecule has 0 aliphatic rings.